The normalized spacial score (nSPS) is 13.1. The maximum atomic E-state index is 12.4. The van der Waals surface area contributed by atoms with E-state index in [1.165, 1.54) is 73.0 Å². The Morgan fingerprint density at radius 2 is 0.785 bits per heavy atom. The number of methoxy groups -OCH3 is 6. The van der Waals surface area contributed by atoms with Crippen molar-refractivity contribution in [1.82, 2.24) is 28.9 Å². The first-order valence-electron chi connectivity index (χ1n) is 27.3. The molecular weight excluding hydrogens is 1490 g/mol. The second kappa shape index (κ2) is 45.3. The van der Waals surface area contributed by atoms with Crippen molar-refractivity contribution in [2.45, 2.75) is 110 Å². The average molecular weight is 1580 g/mol. The van der Waals surface area contributed by atoms with Gasteiger partial charge in [0.1, 0.15) is 7.38 Å². The van der Waals surface area contributed by atoms with Crippen molar-refractivity contribution in [2.24, 2.45) is 5.11 Å². The van der Waals surface area contributed by atoms with Gasteiger partial charge in [0.25, 0.3) is 0 Å². The van der Waals surface area contributed by atoms with Crippen molar-refractivity contribution in [3.05, 3.63) is 156 Å². The minimum Gasteiger partial charge on any atom is -0.870 e. The Balaban J connectivity index is -0.000000509. The van der Waals surface area contributed by atoms with Gasteiger partial charge in [-0.1, -0.05) is 165 Å². The zero-order valence-electron chi connectivity index (χ0n) is 57.4. The first kappa shape index (κ1) is 95.2. The number of benzene rings is 2. The number of H-pyrrole nitrogens is 2. The summed E-state index contributed by atoms with van der Waals surface area (Å²) < 4.78 is 31.9. The van der Waals surface area contributed by atoms with Gasteiger partial charge < -0.3 is 54.9 Å². The van der Waals surface area contributed by atoms with Gasteiger partial charge in [0, 0.05) is 67.8 Å². The van der Waals surface area contributed by atoms with E-state index < -0.39 is 63.4 Å². The summed E-state index contributed by atoms with van der Waals surface area (Å²) in [4.78, 5) is 79.7. The van der Waals surface area contributed by atoms with Crippen LogP contribution in [-0.4, -0.2) is 165 Å². The summed E-state index contributed by atoms with van der Waals surface area (Å²) in [5.41, 5.74) is 23.8. The molecule has 502 valence electrons. The molecule has 6 heterocycles. The predicted molar refractivity (Wildman–Crippen MR) is 382 cm³/mol. The van der Waals surface area contributed by atoms with Gasteiger partial charge in [-0.25, -0.2) is 28.8 Å². The van der Waals surface area contributed by atoms with Crippen LogP contribution < -0.4 is 91.3 Å². The summed E-state index contributed by atoms with van der Waals surface area (Å²) in [6, 6.07) is 24.3. The summed E-state index contributed by atoms with van der Waals surface area (Å²) in [5, 5.41) is 8.02. The van der Waals surface area contributed by atoms with E-state index in [1.807, 2.05) is 61.2 Å². The predicted octanol–water partition coefficient (Wildman–Crippen LogP) is 11.4. The third kappa shape index (κ3) is 34.6. The molecule has 0 spiro atoms. The van der Waals surface area contributed by atoms with E-state index in [-0.39, 0.29) is 111 Å². The number of nitrogens with zero attached hydrogens (tertiary/aromatic N) is 10. The Morgan fingerprint density at radius 3 is 0.989 bits per heavy atom. The number of hydrogen-bond acceptors (Lipinski definition) is 13. The van der Waals surface area contributed by atoms with Gasteiger partial charge >= 0.3 is 117 Å². The minimum absolute atomic E-state index is 0. The summed E-state index contributed by atoms with van der Waals surface area (Å²) in [6.45, 7) is 34.0. The molecule has 0 bridgehead atoms. The van der Waals surface area contributed by atoms with Crippen molar-refractivity contribution < 1.29 is 144 Å². The maximum absolute atomic E-state index is 12.4. The molecule has 25 nitrogen and oxygen atoms in total. The van der Waals surface area contributed by atoms with Crippen LogP contribution in [0.3, 0.4) is 0 Å². The molecule has 93 heavy (non-hydrogen) atoms. The van der Waals surface area contributed by atoms with Crippen LogP contribution in [0.15, 0.2) is 134 Å². The SMILES string of the molecule is Brc1ccc(Br)cc1.COC(=O)Cl.COC(=O)N1C=C([Si](C)(C)C)C2C1C([Si](C)(C)C)=CN2C(=O)OC.COC(=O)N=[N+]=[N-].COC(=O)n1ccc2c1ccn2C(=O)OC.C[Si](C)(C)Cl.C[Si](C)(C)c1ccc([Si](C)(C)C)cc1.[K+].[N-]=[N+]=[N-].[Na+].[OH-].c1cc2[nH]ccc2[nH]1. The van der Waals surface area contributed by atoms with Gasteiger partial charge in [-0.15, -0.1) is 0 Å². The Bertz CT molecular complexity index is 3230. The number of ether oxygens (including phenoxy) is 6. The molecule has 0 radical (unpaired) electrons. The Hall–Kier alpha value is -4.18. The number of fused-ring (bicyclic) bond motifs is 3. The second-order valence-electron chi connectivity index (χ2n) is 23.9. The number of aromatic nitrogens is 4. The number of nitrogens with one attached hydrogen (secondary N) is 2. The Kier molecular flexibility index (Phi) is 46.4. The van der Waals surface area contributed by atoms with Crippen LogP contribution in [0.1, 0.15) is 0 Å². The number of halogens is 4. The number of hydrogen-bond donors (Lipinski definition) is 2. The maximum Gasteiger partial charge on any atom is 1.00 e. The van der Waals surface area contributed by atoms with Crippen molar-refractivity contribution in [2.75, 3.05) is 42.7 Å². The monoisotopic (exact) mass is 1580 g/mol. The van der Waals surface area contributed by atoms with Crippen LogP contribution in [0.4, 0.5) is 28.8 Å². The van der Waals surface area contributed by atoms with Crippen LogP contribution in [0.2, 0.25) is 98.2 Å². The van der Waals surface area contributed by atoms with Gasteiger partial charge in [0.05, 0.1) is 109 Å². The summed E-state index contributed by atoms with van der Waals surface area (Å²) in [5.74, 6) is 0. The van der Waals surface area contributed by atoms with Crippen LogP contribution in [0.25, 0.3) is 48.5 Å². The minimum atomic E-state index is -1.76. The molecule has 3 N–H and O–H groups in total. The first-order valence-corrected chi connectivity index (χ1v) is 47.7. The van der Waals surface area contributed by atoms with E-state index in [1.54, 1.807) is 32.3 Å². The van der Waals surface area contributed by atoms with E-state index >= 15 is 0 Å². The molecule has 0 fully saturated rings. The molecule has 36 heteroatoms. The third-order valence-electron chi connectivity index (χ3n) is 12.0. The summed E-state index contributed by atoms with van der Waals surface area (Å²) >= 11 is 16.9. The van der Waals surface area contributed by atoms with Gasteiger partial charge in [0.2, 0.25) is 0 Å². The van der Waals surface area contributed by atoms with E-state index in [0.29, 0.717) is 11.0 Å². The molecule has 2 atom stereocenters. The van der Waals surface area contributed by atoms with Crippen molar-refractivity contribution >= 4 is 163 Å². The number of azide groups is 1. The average Bonchev–Trinajstić information content (AvgIpc) is 1.57. The zero-order chi connectivity index (χ0) is 69.7. The van der Waals surface area contributed by atoms with E-state index in [0.717, 1.165) is 26.4 Å². The zero-order valence-corrected chi connectivity index (χ0v) is 72.2. The molecule has 3 amide bonds. The molecule has 2 aromatic carbocycles. The molecule has 0 aliphatic carbocycles. The summed E-state index contributed by atoms with van der Waals surface area (Å²) in [6.07, 6.45) is 8.06. The standard InChI is InChI=1S/C16H28N2O4Si2.C12H22Si2.C10H10N2O4.C6H4Br2.C6H6N2.C3H9ClSi.C2H3ClO2.C2H3N3O2.K.N3.Na.H2O/c1-21-15(19)17-9-11(23(3,4)5)14-13(17)12(24(6,7)8)10-18(14)16(20)22-2;1-13(2,3)11-7-9-12(10-8-11)14(4,5)6;1-15-9(13)11-5-3-8-7(11)4-6-12(8)10(14)16-2;7-5-1-2-6(8)4-3-5;1-3-7-6-2-4-8-5(1)6;1-5(2,3)4;1-5-2(3)4;1-7-2(6)4-5-3;;1-3-2;;/h9-10,13-14H,1-8H3;7-10H,1-6H3;3-6H,1-2H3;1-4H;1-4,7-8H;1-3H3;1H3;1H3;;;;1H2/q;;;;;;;;+1;-1;+1;/p-1. The number of rotatable bonds is 4. The largest absolute Gasteiger partial charge is 1.00 e. The van der Waals surface area contributed by atoms with Gasteiger partial charge in [-0.2, -0.15) is 11.1 Å². The fraction of sp³-hybridized carbons (Fsp3) is 0.404. The van der Waals surface area contributed by atoms with Gasteiger partial charge in [-0.3, -0.25) is 23.8 Å². The topological polar surface area (TPSA) is 343 Å². The molecule has 8 rings (SSSR count). The van der Waals surface area contributed by atoms with Crippen LogP contribution in [0.5, 0.6) is 0 Å². The van der Waals surface area contributed by atoms with Gasteiger partial charge in [0.15, 0.2) is 0 Å². The first-order chi connectivity index (χ1) is 41.6. The fourth-order valence-corrected chi connectivity index (χ4v) is 14.0. The van der Waals surface area contributed by atoms with Crippen molar-refractivity contribution in [3.63, 3.8) is 0 Å². The molecule has 4 aromatic heterocycles. The third-order valence-corrected chi connectivity index (χ3v) is 21.7. The van der Waals surface area contributed by atoms with Gasteiger partial charge in [-0.05, 0) is 64.5 Å². The van der Waals surface area contributed by atoms with Crippen LogP contribution >= 0.6 is 54.5 Å². The molecular formula is C57H86Br2Cl2KN12NaO13Si5. The number of carbonyl (C=O) groups is 6. The van der Waals surface area contributed by atoms with Crippen molar-refractivity contribution in [3.8, 4) is 0 Å². The molecule has 2 aliphatic rings. The molecule has 0 saturated heterocycles. The number of carbonyl (C=O) groups excluding carboxylic acids is 6. The van der Waals surface area contributed by atoms with Crippen molar-refractivity contribution in [1.29, 1.82) is 0 Å². The fourth-order valence-electron chi connectivity index (χ4n) is 7.76. The quantitative estimate of drug-likeness (QED) is 0.0316. The van der Waals surface area contributed by atoms with E-state index in [4.69, 9.17) is 37.1 Å². The molecule has 2 aliphatic heterocycles. The summed E-state index contributed by atoms with van der Waals surface area (Å²) in [7, 11) is 0.881. The van der Waals surface area contributed by atoms with E-state index in [2.05, 4.69) is 205 Å². The molecule has 0 saturated carbocycles. The second-order valence-corrected chi connectivity index (χ2v) is 53.9. The molecule has 6 aromatic rings. The van der Waals surface area contributed by atoms with Crippen LogP contribution in [-0.2, 0) is 28.4 Å². The number of aromatic amines is 2. The number of amides is 3. The Labute approximate surface area is 641 Å². The molecule has 2 unspecified atom stereocenters. The Morgan fingerprint density at radius 1 is 0.505 bits per heavy atom. The van der Waals surface area contributed by atoms with E-state index in [9.17, 15) is 28.8 Å². The smallest absolute Gasteiger partial charge is 0.870 e. The van der Waals surface area contributed by atoms with Crippen LogP contribution in [0, 0.1) is 0 Å².